The first-order valence-corrected chi connectivity index (χ1v) is 8.95. The SMILES string of the molecule is CC(=O)N1CCC(c2nc3ccc(C=O)cc3cc2C(C)(C)C)CC1. The molecule has 0 radical (unpaired) electrons. The van der Waals surface area contributed by atoms with Crippen LogP contribution in [0.1, 0.15) is 68.1 Å². The van der Waals surface area contributed by atoms with Gasteiger partial charge < -0.3 is 4.90 Å². The summed E-state index contributed by atoms with van der Waals surface area (Å²) in [4.78, 5) is 29.6. The molecule has 4 heteroatoms. The Bertz CT molecular complexity index is 812. The second-order valence-electron chi connectivity index (χ2n) is 8.02. The van der Waals surface area contributed by atoms with E-state index in [0.29, 0.717) is 11.5 Å². The number of aromatic nitrogens is 1. The Labute approximate surface area is 149 Å². The minimum Gasteiger partial charge on any atom is -0.343 e. The Morgan fingerprint density at radius 1 is 1.20 bits per heavy atom. The van der Waals surface area contributed by atoms with Crippen LogP contribution in [0.3, 0.4) is 0 Å². The van der Waals surface area contributed by atoms with Gasteiger partial charge in [0, 0.05) is 42.6 Å². The Hall–Kier alpha value is -2.23. The number of nitrogens with zero attached hydrogens (tertiary/aromatic N) is 2. The van der Waals surface area contributed by atoms with Gasteiger partial charge in [-0.25, -0.2) is 0 Å². The number of rotatable bonds is 2. The van der Waals surface area contributed by atoms with E-state index in [-0.39, 0.29) is 11.3 Å². The number of pyridine rings is 1. The van der Waals surface area contributed by atoms with Crippen molar-refractivity contribution in [1.29, 1.82) is 0 Å². The molecule has 2 aromatic rings. The van der Waals surface area contributed by atoms with E-state index in [9.17, 15) is 9.59 Å². The van der Waals surface area contributed by atoms with Gasteiger partial charge in [-0.3, -0.25) is 14.6 Å². The second kappa shape index (κ2) is 6.58. The minimum atomic E-state index is -0.0224. The van der Waals surface area contributed by atoms with Crippen LogP contribution in [-0.4, -0.2) is 35.2 Å². The maximum atomic E-state index is 11.6. The van der Waals surface area contributed by atoms with Crippen LogP contribution >= 0.6 is 0 Å². The van der Waals surface area contributed by atoms with Gasteiger partial charge in [-0.2, -0.15) is 0 Å². The molecule has 132 valence electrons. The molecule has 0 N–H and O–H groups in total. The van der Waals surface area contributed by atoms with Gasteiger partial charge in [0.15, 0.2) is 0 Å². The average Bonchev–Trinajstić information content (AvgIpc) is 2.59. The molecule has 25 heavy (non-hydrogen) atoms. The fourth-order valence-corrected chi connectivity index (χ4v) is 3.66. The predicted octanol–water partition coefficient (Wildman–Crippen LogP) is 4.07. The molecule has 1 aliphatic rings. The number of amides is 1. The molecule has 1 aromatic heterocycles. The Morgan fingerprint density at radius 2 is 1.88 bits per heavy atom. The number of aldehydes is 1. The molecule has 0 unspecified atom stereocenters. The van der Waals surface area contributed by atoms with Crippen molar-refractivity contribution in [2.24, 2.45) is 0 Å². The monoisotopic (exact) mass is 338 g/mol. The summed E-state index contributed by atoms with van der Waals surface area (Å²) < 4.78 is 0. The van der Waals surface area contributed by atoms with Crippen LogP contribution in [0.5, 0.6) is 0 Å². The molecule has 1 fully saturated rings. The van der Waals surface area contributed by atoms with Gasteiger partial charge in [0.2, 0.25) is 5.91 Å². The highest BCUT2D eigenvalue weighted by atomic mass is 16.2. The van der Waals surface area contributed by atoms with Crippen LogP contribution in [-0.2, 0) is 10.2 Å². The number of likely N-dealkylation sites (tertiary alicyclic amines) is 1. The van der Waals surface area contributed by atoms with E-state index >= 15 is 0 Å². The third kappa shape index (κ3) is 3.58. The summed E-state index contributed by atoms with van der Waals surface area (Å²) in [6.45, 7) is 9.84. The molecular formula is C21H26N2O2. The summed E-state index contributed by atoms with van der Waals surface area (Å²) in [6, 6.07) is 7.86. The van der Waals surface area contributed by atoms with Crippen LogP contribution in [0.4, 0.5) is 0 Å². The highest BCUT2D eigenvalue weighted by Crippen LogP contribution is 2.36. The van der Waals surface area contributed by atoms with Gasteiger partial charge >= 0.3 is 0 Å². The Morgan fingerprint density at radius 3 is 2.44 bits per heavy atom. The molecule has 2 heterocycles. The molecule has 0 bridgehead atoms. The number of hydrogen-bond acceptors (Lipinski definition) is 3. The first kappa shape index (κ1) is 17.6. The van der Waals surface area contributed by atoms with Crippen molar-refractivity contribution in [3.8, 4) is 0 Å². The summed E-state index contributed by atoms with van der Waals surface area (Å²) in [5.74, 6) is 0.530. The van der Waals surface area contributed by atoms with Gasteiger partial charge in [0.1, 0.15) is 6.29 Å². The molecule has 0 spiro atoms. The van der Waals surface area contributed by atoms with Crippen LogP contribution in [0, 0.1) is 0 Å². The lowest BCUT2D eigenvalue weighted by molar-refractivity contribution is -0.129. The summed E-state index contributed by atoms with van der Waals surface area (Å²) >= 11 is 0. The molecule has 3 rings (SSSR count). The smallest absolute Gasteiger partial charge is 0.219 e. The topological polar surface area (TPSA) is 50.3 Å². The third-order valence-electron chi connectivity index (χ3n) is 5.14. The quantitative estimate of drug-likeness (QED) is 0.776. The third-order valence-corrected chi connectivity index (χ3v) is 5.14. The van der Waals surface area contributed by atoms with E-state index in [2.05, 4.69) is 26.8 Å². The Kier molecular flexibility index (Phi) is 4.63. The highest BCUT2D eigenvalue weighted by Gasteiger charge is 2.28. The first-order chi connectivity index (χ1) is 11.8. The lowest BCUT2D eigenvalue weighted by atomic mass is 9.79. The lowest BCUT2D eigenvalue weighted by Crippen LogP contribution is -2.37. The van der Waals surface area contributed by atoms with E-state index in [1.54, 1.807) is 6.92 Å². The summed E-state index contributed by atoms with van der Waals surface area (Å²) in [7, 11) is 0. The van der Waals surface area contributed by atoms with Crippen molar-refractivity contribution in [1.82, 2.24) is 9.88 Å². The van der Waals surface area contributed by atoms with Crippen LogP contribution < -0.4 is 0 Å². The van der Waals surface area contributed by atoms with Gasteiger partial charge in [-0.05, 0) is 48.1 Å². The lowest BCUT2D eigenvalue weighted by Gasteiger charge is -2.34. The van der Waals surface area contributed by atoms with Gasteiger partial charge in [0.25, 0.3) is 0 Å². The van der Waals surface area contributed by atoms with Crippen molar-refractivity contribution in [2.45, 2.75) is 51.9 Å². The van der Waals surface area contributed by atoms with Crippen molar-refractivity contribution >= 4 is 23.1 Å². The molecule has 1 amide bonds. The van der Waals surface area contributed by atoms with E-state index in [1.807, 2.05) is 23.1 Å². The van der Waals surface area contributed by atoms with Gasteiger partial charge in [-0.15, -0.1) is 0 Å². The van der Waals surface area contributed by atoms with Crippen LogP contribution in [0.25, 0.3) is 10.9 Å². The minimum absolute atomic E-state index is 0.0224. The summed E-state index contributed by atoms with van der Waals surface area (Å²) in [5, 5.41) is 1.01. The summed E-state index contributed by atoms with van der Waals surface area (Å²) in [6.07, 6.45) is 2.78. The van der Waals surface area contributed by atoms with E-state index in [4.69, 9.17) is 4.98 Å². The highest BCUT2D eigenvalue weighted by molar-refractivity contribution is 5.87. The summed E-state index contributed by atoms with van der Waals surface area (Å²) in [5.41, 5.74) is 3.98. The van der Waals surface area contributed by atoms with Crippen molar-refractivity contribution in [2.75, 3.05) is 13.1 Å². The standard InChI is InChI=1S/C21H26N2O2/c1-14(25)23-9-7-16(8-10-23)20-18(21(2,3)4)12-17-11-15(13-24)5-6-19(17)22-20/h5-6,11-13,16H,7-10H2,1-4H3. The normalized spacial score (nSPS) is 16.2. The maximum absolute atomic E-state index is 11.6. The van der Waals surface area contributed by atoms with E-state index in [1.165, 1.54) is 5.56 Å². The van der Waals surface area contributed by atoms with Gasteiger partial charge in [0.05, 0.1) is 5.52 Å². The fourth-order valence-electron chi connectivity index (χ4n) is 3.66. The molecule has 1 saturated heterocycles. The molecule has 0 saturated carbocycles. The van der Waals surface area contributed by atoms with Crippen molar-refractivity contribution < 1.29 is 9.59 Å². The zero-order chi connectivity index (χ0) is 18.2. The number of carbonyl (C=O) groups excluding carboxylic acids is 2. The number of carbonyl (C=O) groups is 2. The average molecular weight is 338 g/mol. The predicted molar refractivity (Wildman–Crippen MR) is 100 cm³/mol. The van der Waals surface area contributed by atoms with Crippen LogP contribution in [0.15, 0.2) is 24.3 Å². The van der Waals surface area contributed by atoms with E-state index in [0.717, 1.165) is 48.8 Å². The number of hydrogen-bond donors (Lipinski definition) is 0. The van der Waals surface area contributed by atoms with E-state index < -0.39 is 0 Å². The zero-order valence-electron chi connectivity index (χ0n) is 15.5. The van der Waals surface area contributed by atoms with Crippen molar-refractivity contribution in [3.05, 3.63) is 41.1 Å². The molecule has 1 aliphatic heterocycles. The molecule has 4 nitrogen and oxygen atoms in total. The number of fused-ring (bicyclic) bond motifs is 1. The van der Waals surface area contributed by atoms with Crippen molar-refractivity contribution in [3.63, 3.8) is 0 Å². The first-order valence-electron chi connectivity index (χ1n) is 8.95. The molecular weight excluding hydrogens is 312 g/mol. The molecule has 0 atom stereocenters. The number of benzene rings is 1. The zero-order valence-corrected chi connectivity index (χ0v) is 15.5. The van der Waals surface area contributed by atoms with Crippen LogP contribution in [0.2, 0.25) is 0 Å². The maximum Gasteiger partial charge on any atom is 0.219 e. The van der Waals surface area contributed by atoms with Gasteiger partial charge in [-0.1, -0.05) is 20.8 Å². The Balaban J connectivity index is 2.04. The number of piperidine rings is 1. The molecule has 0 aliphatic carbocycles. The second-order valence-corrected chi connectivity index (χ2v) is 8.02. The fraction of sp³-hybridized carbons (Fsp3) is 0.476. The largest absolute Gasteiger partial charge is 0.343 e. The molecule has 1 aromatic carbocycles.